The molecular formula is C23H26N4O3. The molecule has 0 aliphatic rings. The second-order valence-electron chi connectivity index (χ2n) is 7.64. The Labute approximate surface area is 176 Å². The zero-order chi connectivity index (χ0) is 21.6. The third kappa shape index (κ3) is 5.53. The monoisotopic (exact) mass is 406 g/mol. The number of azo groups is 1. The lowest BCUT2D eigenvalue weighted by molar-refractivity contribution is 0.347. The average Bonchev–Trinajstić information content (AvgIpc) is 2.74. The maximum absolute atomic E-state index is 5.87. The van der Waals surface area contributed by atoms with Crippen molar-refractivity contribution in [1.82, 2.24) is 9.97 Å². The first-order valence-electron chi connectivity index (χ1n) is 9.60. The largest absolute Gasteiger partial charge is 0.481 e. The van der Waals surface area contributed by atoms with E-state index in [1.165, 1.54) is 19.8 Å². The van der Waals surface area contributed by atoms with E-state index in [0.29, 0.717) is 24.1 Å². The van der Waals surface area contributed by atoms with Gasteiger partial charge in [-0.25, -0.2) is 0 Å². The highest BCUT2D eigenvalue weighted by Gasteiger charge is 2.13. The summed E-state index contributed by atoms with van der Waals surface area (Å²) in [6.07, 6.45) is 0. The number of methoxy groups -OCH3 is 2. The fraction of sp³-hybridized carbons (Fsp3) is 0.304. The van der Waals surface area contributed by atoms with Crippen LogP contribution in [0.5, 0.6) is 23.5 Å². The van der Waals surface area contributed by atoms with Gasteiger partial charge in [0.15, 0.2) is 0 Å². The maximum atomic E-state index is 5.87. The summed E-state index contributed by atoms with van der Waals surface area (Å²) in [6, 6.07) is 17.4. The van der Waals surface area contributed by atoms with E-state index in [1.54, 1.807) is 6.07 Å². The van der Waals surface area contributed by atoms with Crippen molar-refractivity contribution in [2.75, 3.05) is 14.2 Å². The lowest BCUT2D eigenvalue weighted by Crippen LogP contribution is -2.10. The molecule has 1 heterocycles. The summed E-state index contributed by atoms with van der Waals surface area (Å²) in [5.41, 5.74) is 3.03. The van der Waals surface area contributed by atoms with Crippen molar-refractivity contribution in [3.63, 3.8) is 0 Å². The highest BCUT2D eigenvalue weighted by atomic mass is 16.5. The van der Waals surface area contributed by atoms with E-state index in [0.717, 1.165) is 11.3 Å². The molecule has 30 heavy (non-hydrogen) atoms. The average molecular weight is 406 g/mol. The van der Waals surface area contributed by atoms with E-state index in [-0.39, 0.29) is 11.4 Å². The Balaban J connectivity index is 1.74. The van der Waals surface area contributed by atoms with E-state index in [4.69, 9.17) is 14.2 Å². The van der Waals surface area contributed by atoms with Crippen LogP contribution in [0.1, 0.15) is 31.9 Å². The molecule has 1 aromatic heterocycles. The molecule has 0 spiro atoms. The molecule has 0 unspecified atom stereocenters. The topological polar surface area (TPSA) is 78.2 Å². The number of nitrogens with zero attached hydrogens (tertiary/aromatic N) is 4. The van der Waals surface area contributed by atoms with Crippen molar-refractivity contribution >= 4 is 5.69 Å². The van der Waals surface area contributed by atoms with Gasteiger partial charge in [0.25, 0.3) is 0 Å². The van der Waals surface area contributed by atoms with Crippen LogP contribution in [0.15, 0.2) is 64.8 Å². The fourth-order valence-corrected chi connectivity index (χ4v) is 2.69. The Morgan fingerprint density at radius 3 is 2.10 bits per heavy atom. The van der Waals surface area contributed by atoms with Gasteiger partial charge in [-0.1, -0.05) is 51.1 Å². The van der Waals surface area contributed by atoms with Gasteiger partial charge in [-0.3, -0.25) is 0 Å². The number of para-hydroxylation sites is 1. The molecular weight excluding hydrogens is 380 g/mol. The molecule has 3 aromatic rings. The third-order valence-electron chi connectivity index (χ3n) is 4.41. The number of aromatic nitrogens is 2. The van der Waals surface area contributed by atoms with E-state index < -0.39 is 0 Å². The van der Waals surface area contributed by atoms with Gasteiger partial charge in [-0.15, -0.1) is 0 Å². The summed E-state index contributed by atoms with van der Waals surface area (Å²) in [6.45, 7) is 6.91. The van der Waals surface area contributed by atoms with Crippen molar-refractivity contribution in [2.45, 2.75) is 32.7 Å². The van der Waals surface area contributed by atoms with Crippen LogP contribution in [-0.2, 0) is 12.0 Å². The summed E-state index contributed by atoms with van der Waals surface area (Å²) in [7, 11) is 3.04. The molecule has 7 heteroatoms. The summed E-state index contributed by atoms with van der Waals surface area (Å²) in [5, 5.41) is 8.65. The quantitative estimate of drug-likeness (QED) is 0.459. The van der Waals surface area contributed by atoms with Crippen LogP contribution in [0.4, 0.5) is 5.69 Å². The molecule has 0 N–H and O–H groups in total. The Morgan fingerprint density at radius 2 is 1.50 bits per heavy atom. The van der Waals surface area contributed by atoms with Crippen LogP contribution in [0, 0.1) is 0 Å². The van der Waals surface area contributed by atoms with E-state index in [1.807, 2.05) is 36.4 Å². The predicted molar refractivity (Wildman–Crippen MR) is 115 cm³/mol. The normalized spacial score (nSPS) is 11.5. The van der Waals surface area contributed by atoms with Crippen LogP contribution in [-0.4, -0.2) is 24.2 Å². The van der Waals surface area contributed by atoms with Crippen LogP contribution in [0.2, 0.25) is 0 Å². The molecule has 156 valence electrons. The second kappa shape index (κ2) is 9.35. The minimum absolute atomic E-state index is 0.108. The Bertz CT molecular complexity index is 989. The van der Waals surface area contributed by atoms with Crippen molar-refractivity contribution in [3.05, 3.63) is 65.7 Å². The standard InChI is InChI=1S/C23H26N4O3/c1-23(2,3)17-10-12-18(13-11-17)27-24-15-16-8-6-7-9-19(16)30-22-25-20(28-4)14-21(26-22)29-5/h6-14H,15H2,1-5H3. The van der Waals surface area contributed by atoms with Gasteiger partial charge in [0.05, 0.1) is 32.5 Å². The molecule has 0 amide bonds. The Kier molecular flexibility index (Phi) is 6.61. The molecule has 7 nitrogen and oxygen atoms in total. The maximum Gasteiger partial charge on any atom is 0.328 e. The van der Waals surface area contributed by atoms with Gasteiger partial charge in [-0.05, 0) is 29.2 Å². The molecule has 0 radical (unpaired) electrons. The molecule has 0 atom stereocenters. The van der Waals surface area contributed by atoms with Crippen molar-refractivity contribution in [1.29, 1.82) is 0 Å². The number of ether oxygens (including phenoxy) is 3. The number of hydrogen-bond donors (Lipinski definition) is 0. The zero-order valence-corrected chi connectivity index (χ0v) is 17.9. The fourth-order valence-electron chi connectivity index (χ4n) is 2.69. The van der Waals surface area contributed by atoms with Crippen molar-refractivity contribution in [3.8, 4) is 23.5 Å². The molecule has 0 saturated heterocycles. The molecule has 0 aliphatic carbocycles. The van der Waals surface area contributed by atoms with Crippen LogP contribution < -0.4 is 14.2 Å². The first kappa shape index (κ1) is 21.2. The van der Waals surface area contributed by atoms with E-state index >= 15 is 0 Å². The Morgan fingerprint density at radius 1 is 0.867 bits per heavy atom. The summed E-state index contributed by atoms with van der Waals surface area (Å²) < 4.78 is 16.2. The third-order valence-corrected chi connectivity index (χ3v) is 4.41. The number of hydrogen-bond acceptors (Lipinski definition) is 7. The smallest absolute Gasteiger partial charge is 0.328 e. The number of rotatable bonds is 7. The lowest BCUT2D eigenvalue weighted by atomic mass is 9.87. The highest BCUT2D eigenvalue weighted by Crippen LogP contribution is 2.28. The molecule has 3 rings (SSSR count). The van der Waals surface area contributed by atoms with Crippen LogP contribution in [0.3, 0.4) is 0 Å². The van der Waals surface area contributed by atoms with Gasteiger partial charge in [-0.2, -0.15) is 20.2 Å². The first-order valence-corrected chi connectivity index (χ1v) is 9.60. The SMILES string of the molecule is COc1cc(OC)nc(Oc2ccccc2CN=Nc2ccc(C(C)(C)C)cc2)n1. The molecule has 0 aliphatic heterocycles. The van der Waals surface area contributed by atoms with Gasteiger partial charge >= 0.3 is 6.01 Å². The molecule has 0 saturated carbocycles. The molecule has 2 aromatic carbocycles. The summed E-state index contributed by atoms with van der Waals surface area (Å²) in [5.74, 6) is 1.30. The second-order valence-corrected chi connectivity index (χ2v) is 7.64. The van der Waals surface area contributed by atoms with Crippen LogP contribution >= 0.6 is 0 Å². The predicted octanol–water partition coefficient (Wildman–Crippen LogP) is 5.87. The minimum atomic E-state index is 0.108. The minimum Gasteiger partial charge on any atom is -0.481 e. The van der Waals surface area contributed by atoms with Crippen molar-refractivity contribution in [2.24, 2.45) is 10.2 Å². The van der Waals surface area contributed by atoms with Gasteiger partial charge < -0.3 is 14.2 Å². The van der Waals surface area contributed by atoms with Gasteiger partial charge in [0.1, 0.15) is 5.75 Å². The zero-order valence-electron chi connectivity index (χ0n) is 17.9. The summed E-state index contributed by atoms with van der Waals surface area (Å²) in [4.78, 5) is 8.40. The van der Waals surface area contributed by atoms with Crippen molar-refractivity contribution < 1.29 is 14.2 Å². The molecule has 0 bridgehead atoms. The van der Waals surface area contributed by atoms with Crippen LogP contribution in [0.25, 0.3) is 0 Å². The number of benzene rings is 2. The van der Waals surface area contributed by atoms with Gasteiger partial charge in [0, 0.05) is 5.56 Å². The lowest BCUT2D eigenvalue weighted by Gasteiger charge is -2.18. The molecule has 0 fully saturated rings. The summed E-state index contributed by atoms with van der Waals surface area (Å²) >= 11 is 0. The van der Waals surface area contributed by atoms with Gasteiger partial charge in [0.2, 0.25) is 11.8 Å². The van der Waals surface area contributed by atoms with E-state index in [9.17, 15) is 0 Å². The first-order chi connectivity index (χ1) is 14.4. The van der Waals surface area contributed by atoms with E-state index in [2.05, 4.69) is 53.1 Å². The Hall–Kier alpha value is -3.48. The highest BCUT2D eigenvalue weighted by molar-refractivity contribution is 5.40.